The van der Waals surface area contributed by atoms with Crippen molar-refractivity contribution in [2.24, 2.45) is 5.92 Å². The standard InChI is InChI=1S/C15H21NO3/c1-11-5-3-4-6-14(11)19-15(17)16-12-7-9-13(18-2)10-8-12/h7-11,14H,3-6H2,1-2H3,(H,16,17)/t11-,14-/m0/s1. The fourth-order valence-corrected chi connectivity index (χ4v) is 2.42. The van der Waals surface area contributed by atoms with E-state index in [0.29, 0.717) is 11.6 Å². The molecule has 1 amide bonds. The first-order chi connectivity index (χ1) is 9.19. The predicted molar refractivity (Wildman–Crippen MR) is 74.5 cm³/mol. The number of rotatable bonds is 3. The Bertz CT molecular complexity index is 416. The summed E-state index contributed by atoms with van der Waals surface area (Å²) in [6.45, 7) is 2.14. The van der Waals surface area contributed by atoms with Crippen molar-refractivity contribution in [2.45, 2.75) is 38.7 Å². The number of carbonyl (C=O) groups is 1. The second-order valence-corrected chi connectivity index (χ2v) is 5.06. The average molecular weight is 263 g/mol. The maximum Gasteiger partial charge on any atom is 0.411 e. The molecule has 0 unspecified atom stereocenters. The molecular formula is C15H21NO3. The monoisotopic (exact) mass is 263 g/mol. The molecule has 1 aliphatic carbocycles. The van der Waals surface area contributed by atoms with Crippen LogP contribution in [0, 0.1) is 5.92 Å². The lowest BCUT2D eigenvalue weighted by Gasteiger charge is -2.28. The molecule has 0 saturated heterocycles. The smallest absolute Gasteiger partial charge is 0.411 e. The summed E-state index contributed by atoms with van der Waals surface area (Å²) in [7, 11) is 1.61. The molecule has 1 aromatic rings. The molecule has 0 aliphatic heterocycles. The minimum absolute atomic E-state index is 0.0481. The van der Waals surface area contributed by atoms with Crippen LogP contribution < -0.4 is 10.1 Å². The highest BCUT2D eigenvalue weighted by atomic mass is 16.6. The van der Waals surface area contributed by atoms with Crippen molar-refractivity contribution in [3.63, 3.8) is 0 Å². The van der Waals surface area contributed by atoms with Crippen molar-refractivity contribution < 1.29 is 14.3 Å². The molecule has 1 N–H and O–H groups in total. The Labute approximate surface area is 114 Å². The van der Waals surface area contributed by atoms with E-state index in [9.17, 15) is 4.79 Å². The summed E-state index contributed by atoms with van der Waals surface area (Å²) in [6.07, 6.45) is 4.17. The van der Waals surface area contributed by atoms with E-state index in [4.69, 9.17) is 9.47 Å². The number of carbonyl (C=O) groups excluding carboxylic acids is 1. The van der Waals surface area contributed by atoms with Gasteiger partial charge in [0.15, 0.2) is 0 Å². The van der Waals surface area contributed by atoms with Crippen LogP contribution in [0.4, 0.5) is 10.5 Å². The third-order valence-corrected chi connectivity index (χ3v) is 3.63. The fourth-order valence-electron chi connectivity index (χ4n) is 2.42. The van der Waals surface area contributed by atoms with Crippen molar-refractivity contribution >= 4 is 11.8 Å². The van der Waals surface area contributed by atoms with Gasteiger partial charge in [-0.1, -0.05) is 13.3 Å². The molecule has 0 aromatic heterocycles. The van der Waals surface area contributed by atoms with Gasteiger partial charge in [0.25, 0.3) is 0 Å². The molecule has 1 aliphatic rings. The van der Waals surface area contributed by atoms with Crippen molar-refractivity contribution in [1.82, 2.24) is 0 Å². The first-order valence-corrected chi connectivity index (χ1v) is 6.80. The van der Waals surface area contributed by atoms with E-state index in [1.165, 1.54) is 6.42 Å². The van der Waals surface area contributed by atoms with Crippen LogP contribution in [0.2, 0.25) is 0 Å². The number of hydrogen-bond acceptors (Lipinski definition) is 3. The Morgan fingerprint density at radius 3 is 2.53 bits per heavy atom. The van der Waals surface area contributed by atoms with Crippen molar-refractivity contribution in [2.75, 3.05) is 12.4 Å². The van der Waals surface area contributed by atoms with Crippen molar-refractivity contribution in [1.29, 1.82) is 0 Å². The van der Waals surface area contributed by atoms with Crippen LogP contribution in [0.3, 0.4) is 0 Å². The summed E-state index contributed by atoms with van der Waals surface area (Å²) in [4.78, 5) is 11.8. The van der Waals surface area contributed by atoms with Gasteiger partial charge in [-0.05, 0) is 49.4 Å². The SMILES string of the molecule is COc1ccc(NC(=O)O[C@H]2CCCC[C@@H]2C)cc1. The topological polar surface area (TPSA) is 47.6 Å². The summed E-state index contributed by atoms with van der Waals surface area (Å²) in [6, 6.07) is 7.20. The lowest BCUT2D eigenvalue weighted by atomic mass is 9.88. The molecule has 19 heavy (non-hydrogen) atoms. The lowest BCUT2D eigenvalue weighted by Crippen LogP contribution is -2.30. The number of hydrogen-bond donors (Lipinski definition) is 1. The Morgan fingerprint density at radius 2 is 1.89 bits per heavy atom. The molecule has 4 heteroatoms. The average Bonchev–Trinajstić information content (AvgIpc) is 2.42. The van der Waals surface area contributed by atoms with Gasteiger partial charge in [-0.2, -0.15) is 0 Å². The summed E-state index contributed by atoms with van der Waals surface area (Å²) in [5.74, 6) is 1.22. The van der Waals surface area contributed by atoms with Crippen LogP contribution >= 0.6 is 0 Å². The number of nitrogens with one attached hydrogen (secondary N) is 1. The van der Waals surface area contributed by atoms with Gasteiger partial charge in [-0.15, -0.1) is 0 Å². The maximum absolute atomic E-state index is 11.8. The zero-order chi connectivity index (χ0) is 13.7. The second-order valence-electron chi connectivity index (χ2n) is 5.06. The van der Waals surface area contributed by atoms with Crippen LogP contribution in [0.15, 0.2) is 24.3 Å². The molecule has 1 aromatic carbocycles. The third-order valence-electron chi connectivity index (χ3n) is 3.63. The molecule has 2 rings (SSSR count). The molecule has 104 valence electrons. The molecule has 1 saturated carbocycles. The van der Waals surface area contributed by atoms with E-state index in [2.05, 4.69) is 12.2 Å². The quantitative estimate of drug-likeness (QED) is 0.901. The summed E-state index contributed by atoms with van der Waals surface area (Å²) < 4.78 is 10.5. The summed E-state index contributed by atoms with van der Waals surface area (Å²) in [5, 5.41) is 2.74. The van der Waals surface area contributed by atoms with Gasteiger partial charge in [0, 0.05) is 5.69 Å². The highest BCUT2D eigenvalue weighted by molar-refractivity contribution is 5.84. The Morgan fingerprint density at radius 1 is 1.21 bits per heavy atom. The van der Waals surface area contributed by atoms with Crippen LogP contribution in [0.25, 0.3) is 0 Å². The highest BCUT2D eigenvalue weighted by Gasteiger charge is 2.24. The van der Waals surface area contributed by atoms with E-state index in [-0.39, 0.29) is 12.2 Å². The van der Waals surface area contributed by atoms with Crippen LogP contribution in [-0.4, -0.2) is 19.3 Å². The molecule has 0 heterocycles. The molecule has 2 atom stereocenters. The normalized spacial score (nSPS) is 22.6. The molecule has 0 spiro atoms. The maximum atomic E-state index is 11.8. The molecule has 1 fully saturated rings. The summed E-state index contributed by atoms with van der Waals surface area (Å²) in [5.41, 5.74) is 0.717. The minimum atomic E-state index is -0.371. The Hall–Kier alpha value is -1.71. The van der Waals surface area contributed by atoms with Crippen molar-refractivity contribution in [3.8, 4) is 5.75 Å². The largest absolute Gasteiger partial charge is 0.497 e. The van der Waals surface area contributed by atoms with Crippen LogP contribution in [0.5, 0.6) is 5.75 Å². The van der Waals surface area contributed by atoms with Gasteiger partial charge >= 0.3 is 6.09 Å². The molecule has 0 radical (unpaired) electrons. The highest BCUT2D eigenvalue weighted by Crippen LogP contribution is 2.26. The fraction of sp³-hybridized carbons (Fsp3) is 0.533. The number of methoxy groups -OCH3 is 1. The van der Waals surface area contributed by atoms with E-state index in [0.717, 1.165) is 25.0 Å². The Balaban J connectivity index is 1.86. The number of ether oxygens (including phenoxy) is 2. The van der Waals surface area contributed by atoms with Gasteiger partial charge in [-0.3, -0.25) is 5.32 Å². The molecular weight excluding hydrogens is 242 g/mol. The van der Waals surface area contributed by atoms with Gasteiger partial charge in [0.05, 0.1) is 7.11 Å². The number of anilines is 1. The van der Waals surface area contributed by atoms with E-state index in [1.807, 2.05) is 0 Å². The van der Waals surface area contributed by atoms with Gasteiger partial charge in [-0.25, -0.2) is 4.79 Å². The first-order valence-electron chi connectivity index (χ1n) is 6.80. The number of benzene rings is 1. The molecule has 0 bridgehead atoms. The summed E-state index contributed by atoms with van der Waals surface area (Å²) >= 11 is 0. The zero-order valence-corrected chi connectivity index (χ0v) is 11.5. The molecule has 4 nitrogen and oxygen atoms in total. The van der Waals surface area contributed by atoms with Crippen molar-refractivity contribution in [3.05, 3.63) is 24.3 Å². The second kappa shape index (κ2) is 6.45. The predicted octanol–water partition coefficient (Wildman–Crippen LogP) is 3.82. The van der Waals surface area contributed by atoms with E-state index >= 15 is 0 Å². The van der Waals surface area contributed by atoms with Crippen LogP contribution in [0.1, 0.15) is 32.6 Å². The van der Waals surface area contributed by atoms with E-state index < -0.39 is 0 Å². The van der Waals surface area contributed by atoms with Gasteiger partial charge < -0.3 is 9.47 Å². The van der Waals surface area contributed by atoms with Crippen LogP contribution in [-0.2, 0) is 4.74 Å². The Kier molecular flexibility index (Phi) is 4.66. The van der Waals surface area contributed by atoms with E-state index in [1.54, 1.807) is 31.4 Å². The first kappa shape index (κ1) is 13.7. The zero-order valence-electron chi connectivity index (χ0n) is 11.5. The minimum Gasteiger partial charge on any atom is -0.497 e. The number of amides is 1. The third kappa shape index (κ3) is 3.88. The lowest BCUT2D eigenvalue weighted by molar-refractivity contribution is 0.0524. The van der Waals surface area contributed by atoms with Gasteiger partial charge in [0.1, 0.15) is 11.9 Å². The van der Waals surface area contributed by atoms with Gasteiger partial charge in [0.2, 0.25) is 0 Å².